The molecule has 1 aromatic carbocycles. The number of carbonyl (C=O) groups is 1. The standard InChI is InChI=1S/C15H14N2O3S/c18-15(19)6-3-12-1-4-13(5-2-12)20-9-10-21-14-7-8-16-11-17-14/h1-8,11H,9-10H2,(H,18,19). The first-order valence-electron chi connectivity index (χ1n) is 6.27. The van der Waals surface area contributed by atoms with E-state index in [0.717, 1.165) is 28.2 Å². The number of ether oxygens (including phenoxy) is 1. The second-order valence-electron chi connectivity index (χ2n) is 3.99. The first-order chi connectivity index (χ1) is 10.2. The van der Waals surface area contributed by atoms with Crippen LogP contribution in [0.1, 0.15) is 5.56 Å². The smallest absolute Gasteiger partial charge is 0.328 e. The number of thioether (sulfide) groups is 1. The quantitative estimate of drug-likeness (QED) is 0.367. The summed E-state index contributed by atoms with van der Waals surface area (Å²) in [6.45, 7) is 0.568. The van der Waals surface area contributed by atoms with Crippen molar-refractivity contribution in [3.05, 3.63) is 54.5 Å². The number of carboxylic acid groups (broad SMARTS) is 1. The maximum Gasteiger partial charge on any atom is 0.328 e. The highest BCUT2D eigenvalue weighted by molar-refractivity contribution is 7.99. The molecule has 21 heavy (non-hydrogen) atoms. The van der Waals surface area contributed by atoms with Gasteiger partial charge < -0.3 is 9.84 Å². The maximum absolute atomic E-state index is 10.4. The molecular weight excluding hydrogens is 288 g/mol. The third kappa shape index (κ3) is 5.66. The SMILES string of the molecule is O=C(O)C=Cc1ccc(OCCSc2ccncn2)cc1. The molecule has 0 unspecified atom stereocenters. The number of hydrogen-bond donors (Lipinski definition) is 1. The van der Waals surface area contributed by atoms with E-state index in [1.165, 1.54) is 12.4 Å². The van der Waals surface area contributed by atoms with E-state index in [1.54, 1.807) is 18.0 Å². The Morgan fingerprint density at radius 1 is 1.29 bits per heavy atom. The minimum absolute atomic E-state index is 0.568. The lowest BCUT2D eigenvalue weighted by Gasteiger charge is -2.05. The van der Waals surface area contributed by atoms with Crippen LogP contribution in [-0.4, -0.2) is 33.4 Å². The Balaban J connectivity index is 1.75. The summed E-state index contributed by atoms with van der Waals surface area (Å²) in [6.07, 6.45) is 5.87. The molecule has 1 N–H and O–H groups in total. The molecule has 0 bridgehead atoms. The van der Waals surface area contributed by atoms with Crippen LogP contribution in [0.5, 0.6) is 5.75 Å². The number of hydrogen-bond acceptors (Lipinski definition) is 5. The van der Waals surface area contributed by atoms with Gasteiger partial charge in [-0.1, -0.05) is 12.1 Å². The van der Waals surface area contributed by atoms with E-state index in [9.17, 15) is 4.79 Å². The van der Waals surface area contributed by atoms with Gasteiger partial charge >= 0.3 is 5.97 Å². The largest absolute Gasteiger partial charge is 0.493 e. The van der Waals surface area contributed by atoms with Crippen molar-refractivity contribution in [1.29, 1.82) is 0 Å². The molecule has 1 aromatic heterocycles. The molecular formula is C15H14N2O3S. The molecule has 0 fully saturated rings. The van der Waals surface area contributed by atoms with Gasteiger partial charge in [0.05, 0.1) is 11.6 Å². The molecule has 6 heteroatoms. The third-order valence-corrected chi connectivity index (χ3v) is 3.36. The zero-order valence-corrected chi connectivity index (χ0v) is 12.0. The lowest BCUT2D eigenvalue weighted by Crippen LogP contribution is -2.00. The summed E-state index contributed by atoms with van der Waals surface area (Å²) in [5, 5.41) is 9.46. The van der Waals surface area contributed by atoms with Gasteiger partial charge in [0.25, 0.3) is 0 Å². The van der Waals surface area contributed by atoms with Crippen molar-refractivity contribution in [1.82, 2.24) is 9.97 Å². The highest BCUT2D eigenvalue weighted by atomic mass is 32.2. The Kier molecular flexibility index (Phi) is 5.78. The molecule has 5 nitrogen and oxygen atoms in total. The molecule has 0 amide bonds. The second kappa shape index (κ2) is 8.06. The van der Waals surface area contributed by atoms with Gasteiger partial charge in [0.1, 0.15) is 12.1 Å². The molecule has 0 aliphatic carbocycles. The zero-order valence-electron chi connectivity index (χ0n) is 11.2. The zero-order chi connectivity index (χ0) is 14.9. The topological polar surface area (TPSA) is 72.3 Å². The van der Waals surface area contributed by atoms with Gasteiger partial charge in [0.2, 0.25) is 0 Å². The fourth-order valence-electron chi connectivity index (χ4n) is 1.51. The Labute approximate surface area is 126 Å². The Morgan fingerprint density at radius 2 is 2.10 bits per heavy atom. The summed E-state index contributed by atoms with van der Waals surface area (Å²) in [6, 6.07) is 9.11. The minimum atomic E-state index is -0.961. The molecule has 0 aliphatic heterocycles. The Bertz CT molecular complexity index is 600. The number of nitrogens with zero attached hydrogens (tertiary/aromatic N) is 2. The number of rotatable bonds is 7. The number of carboxylic acids is 1. The molecule has 0 saturated heterocycles. The van der Waals surface area contributed by atoms with E-state index in [2.05, 4.69) is 9.97 Å². The Hall–Kier alpha value is -2.34. The normalized spacial score (nSPS) is 10.7. The molecule has 0 saturated carbocycles. The molecule has 0 spiro atoms. The maximum atomic E-state index is 10.4. The highest BCUT2D eigenvalue weighted by Crippen LogP contribution is 2.16. The minimum Gasteiger partial charge on any atom is -0.493 e. The van der Waals surface area contributed by atoms with Crippen LogP contribution < -0.4 is 4.74 Å². The van der Waals surface area contributed by atoms with E-state index in [4.69, 9.17) is 9.84 Å². The third-order valence-electron chi connectivity index (χ3n) is 2.46. The van der Waals surface area contributed by atoms with Gasteiger partial charge in [-0.05, 0) is 29.8 Å². The van der Waals surface area contributed by atoms with Crippen molar-refractivity contribution in [2.24, 2.45) is 0 Å². The summed E-state index contributed by atoms with van der Waals surface area (Å²) in [7, 11) is 0. The first kappa shape index (κ1) is 15.1. The van der Waals surface area contributed by atoms with E-state index < -0.39 is 5.97 Å². The van der Waals surface area contributed by atoms with Gasteiger partial charge in [-0.15, -0.1) is 11.8 Å². The van der Waals surface area contributed by atoms with Crippen LogP contribution in [-0.2, 0) is 4.79 Å². The van der Waals surface area contributed by atoms with Crippen LogP contribution in [0.15, 0.2) is 54.0 Å². The van der Waals surface area contributed by atoms with Crippen molar-refractivity contribution in [3.63, 3.8) is 0 Å². The van der Waals surface area contributed by atoms with Gasteiger partial charge in [0.15, 0.2) is 0 Å². The summed E-state index contributed by atoms with van der Waals surface area (Å²) in [5.74, 6) is 0.584. The van der Waals surface area contributed by atoms with Crippen LogP contribution >= 0.6 is 11.8 Å². The molecule has 1 heterocycles. The second-order valence-corrected chi connectivity index (χ2v) is 5.10. The number of benzene rings is 1. The van der Waals surface area contributed by atoms with Crippen LogP contribution in [0, 0.1) is 0 Å². The van der Waals surface area contributed by atoms with Crippen molar-refractivity contribution >= 4 is 23.8 Å². The fourth-order valence-corrected chi connectivity index (χ4v) is 2.17. The number of aromatic nitrogens is 2. The Morgan fingerprint density at radius 3 is 2.76 bits per heavy atom. The van der Waals surface area contributed by atoms with Crippen LogP contribution in [0.4, 0.5) is 0 Å². The van der Waals surface area contributed by atoms with Gasteiger partial charge in [0, 0.05) is 18.0 Å². The average molecular weight is 302 g/mol. The lowest BCUT2D eigenvalue weighted by molar-refractivity contribution is -0.131. The van der Waals surface area contributed by atoms with Gasteiger partial charge in [-0.3, -0.25) is 0 Å². The molecule has 2 aromatic rings. The predicted molar refractivity (Wildman–Crippen MR) is 81.4 cm³/mol. The fraction of sp³-hybridized carbons (Fsp3) is 0.133. The molecule has 108 valence electrons. The van der Waals surface area contributed by atoms with Crippen molar-refractivity contribution in [2.45, 2.75) is 5.03 Å². The summed E-state index contributed by atoms with van der Waals surface area (Å²) in [5.41, 5.74) is 0.820. The molecule has 2 rings (SSSR count). The average Bonchev–Trinajstić information content (AvgIpc) is 2.52. The monoisotopic (exact) mass is 302 g/mol. The summed E-state index contributed by atoms with van der Waals surface area (Å²) < 4.78 is 5.60. The van der Waals surface area contributed by atoms with Crippen molar-refractivity contribution in [2.75, 3.05) is 12.4 Å². The number of aliphatic carboxylic acids is 1. The van der Waals surface area contributed by atoms with E-state index in [-0.39, 0.29) is 0 Å². The first-order valence-corrected chi connectivity index (χ1v) is 7.25. The molecule has 0 radical (unpaired) electrons. The van der Waals surface area contributed by atoms with Crippen LogP contribution in [0.3, 0.4) is 0 Å². The molecule has 0 atom stereocenters. The van der Waals surface area contributed by atoms with E-state index >= 15 is 0 Å². The predicted octanol–water partition coefficient (Wildman–Crippen LogP) is 2.75. The van der Waals surface area contributed by atoms with Gasteiger partial charge in [-0.25, -0.2) is 14.8 Å². The van der Waals surface area contributed by atoms with Gasteiger partial charge in [-0.2, -0.15) is 0 Å². The van der Waals surface area contributed by atoms with Crippen molar-refractivity contribution in [3.8, 4) is 5.75 Å². The van der Waals surface area contributed by atoms with Crippen molar-refractivity contribution < 1.29 is 14.6 Å². The lowest BCUT2D eigenvalue weighted by atomic mass is 10.2. The van der Waals surface area contributed by atoms with Crippen LogP contribution in [0.25, 0.3) is 6.08 Å². The summed E-state index contributed by atoms with van der Waals surface area (Å²) in [4.78, 5) is 18.4. The van der Waals surface area contributed by atoms with E-state index in [1.807, 2.05) is 30.3 Å². The van der Waals surface area contributed by atoms with E-state index in [0.29, 0.717) is 6.61 Å². The van der Waals surface area contributed by atoms with Crippen LogP contribution in [0.2, 0.25) is 0 Å². The highest BCUT2D eigenvalue weighted by Gasteiger charge is 1.97. The summed E-state index contributed by atoms with van der Waals surface area (Å²) >= 11 is 1.60. The molecule has 0 aliphatic rings.